The van der Waals surface area contributed by atoms with Gasteiger partial charge < -0.3 is 0 Å². The number of allylic oxidation sites excluding steroid dienone is 2. The quantitative estimate of drug-likeness (QED) is 0.604. The molecule has 0 saturated heterocycles. The summed E-state index contributed by atoms with van der Waals surface area (Å²) >= 11 is 5.71. The average Bonchev–Trinajstić information content (AvgIpc) is 2.06. The summed E-state index contributed by atoms with van der Waals surface area (Å²) in [7, 11) is 0. The van der Waals surface area contributed by atoms with Crippen molar-refractivity contribution in [1.82, 2.24) is 0 Å². The van der Waals surface area contributed by atoms with Gasteiger partial charge in [-0.2, -0.15) is 5.26 Å². The molecular formula is C10H8ClN. The van der Waals surface area contributed by atoms with E-state index >= 15 is 0 Å². The van der Waals surface area contributed by atoms with Gasteiger partial charge in [0.2, 0.25) is 0 Å². The fourth-order valence-corrected chi connectivity index (χ4v) is 1.02. The topological polar surface area (TPSA) is 23.8 Å². The van der Waals surface area contributed by atoms with Gasteiger partial charge in [-0.25, -0.2) is 0 Å². The molecule has 0 aliphatic heterocycles. The molecule has 0 spiro atoms. The van der Waals surface area contributed by atoms with E-state index in [0.29, 0.717) is 5.02 Å². The number of hydrogen-bond acceptors (Lipinski definition) is 1. The monoisotopic (exact) mass is 177 g/mol. The first-order valence-corrected chi connectivity index (χ1v) is 3.94. The first kappa shape index (κ1) is 8.83. The highest BCUT2D eigenvalue weighted by molar-refractivity contribution is 6.30. The molecule has 2 heteroatoms. The fourth-order valence-electron chi connectivity index (χ4n) is 0.893. The van der Waals surface area contributed by atoms with E-state index in [1.807, 2.05) is 37.3 Å². The Morgan fingerprint density at radius 3 is 2.50 bits per heavy atom. The molecule has 0 aliphatic carbocycles. The molecule has 0 aromatic heterocycles. The van der Waals surface area contributed by atoms with E-state index in [1.165, 1.54) is 6.08 Å². The van der Waals surface area contributed by atoms with Gasteiger partial charge in [0.1, 0.15) is 0 Å². The van der Waals surface area contributed by atoms with E-state index in [2.05, 4.69) is 0 Å². The molecule has 0 aliphatic rings. The predicted molar refractivity (Wildman–Crippen MR) is 50.7 cm³/mol. The lowest BCUT2D eigenvalue weighted by Crippen LogP contribution is -1.77. The van der Waals surface area contributed by atoms with Gasteiger partial charge in [0.05, 0.1) is 6.07 Å². The lowest BCUT2D eigenvalue weighted by molar-refractivity contribution is 1.52. The minimum atomic E-state index is 0.712. The lowest BCUT2D eigenvalue weighted by Gasteiger charge is -1.98. The molecule has 60 valence electrons. The van der Waals surface area contributed by atoms with Crippen molar-refractivity contribution < 1.29 is 0 Å². The highest BCUT2D eigenvalue weighted by Gasteiger charge is 1.93. The smallest absolute Gasteiger partial charge is 0.0915 e. The Morgan fingerprint density at radius 2 is 2.00 bits per heavy atom. The van der Waals surface area contributed by atoms with E-state index in [4.69, 9.17) is 16.9 Å². The SMILES string of the molecule is C/C(=C\C#N)c1ccc(Cl)cc1. The standard InChI is InChI=1S/C10H8ClN/c1-8(6-7-12)9-2-4-10(11)5-3-9/h2-6H,1H3/b8-6+. The normalized spacial score (nSPS) is 10.9. The maximum atomic E-state index is 8.40. The van der Waals surface area contributed by atoms with Crippen LogP contribution < -0.4 is 0 Å². The Morgan fingerprint density at radius 1 is 1.42 bits per heavy atom. The van der Waals surface area contributed by atoms with E-state index in [-0.39, 0.29) is 0 Å². The van der Waals surface area contributed by atoms with Gasteiger partial charge in [-0.15, -0.1) is 0 Å². The van der Waals surface area contributed by atoms with Crippen molar-refractivity contribution in [2.75, 3.05) is 0 Å². The van der Waals surface area contributed by atoms with Crippen LogP contribution in [0.3, 0.4) is 0 Å². The number of benzene rings is 1. The second kappa shape index (κ2) is 3.94. The highest BCUT2D eigenvalue weighted by Crippen LogP contribution is 2.16. The molecule has 0 bridgehead atoms. The maximum Gasteiger partial charge on any atom is 0.0915 e. The zero-order valence-electron chi connectivity index (χ0n) is 6.71. The third-order valence-electron chi connectivity index (χ3n) is 1.58. The first-order valence-electron chi connectivity index (χ1n) is 3.56. The van der Waals surface area contributed by atoms with Crippen LogP contribution in [0.4, 0.5) is 0 Å². The maximum absolute atomic E-state index is 8.40. The summed E-state index contributed by atoms with van der Waals surface area (Å²) in [5.74, 6) is 0. The largest absolute Gasteiger partial charge is 0.193 e. The van der Waals surface area contributed by atoms with Gasteiger partial charge in [-0.1, -0.05) is 23.7 Å². The summed E-state index contributed by atoms with van der Waals surface area (Å²) in [5.41, 5.74) is 1.98. The molecule has 0 amide bonds. The molecule has 0 heterocycles. The van der Waals surface area contributed by atoms with Crippen molar-refractivity contribution in [2.24, 2.45) is 0 Å². The Labute approximate surface area is 76.9 Å². The molecule has 1 nitrogen and oxygen atoms in total. The van der Waals surface area contributed by atoms with Crippen LogP contribution in [0.1, 0.15) is 12.5 Å². The molecule has 1 rings (SSSR count). The molecule has 0 atom stereocenters. The minimum Gasteiger partial charge on any atom is -0.193 e. The van der Waals surface area contributed by atoms with E-state index in [1.54, 1.807) is 0 Å². The number of nitriles is 1. The van der Waals surface area contributed by atoms with Crippen molar-refractivity contribution in [3.8, 4) is 6.07 Å². The molecule has 0 fully saturated rings. The molecule has 12 heavy (non-hydrogen) atoms. The van der Waals surface area contributed by atoms with Crippen LogP contribution in [-0.4, -0.2) is 0 Å². The van der Waals surface area contributed by atoms with Crippen LogP contribution in [0.15, 0.2) is 30.3 Å². The Balaban J connectivity index is 2.99. The van der Waals surface area contributed by atoms with E-state index in [9.17, 15) is 0 Å². The van der Waals surface area contributed by atoms with Gasteiger partial charge in [0, 0.05) is 11.1 Å². The summed E-state index contributed by atoms with van der Waals surface area (Å²) in [6.45, 7) is 1.90. The van der Waals surface area contributed by atoms with Crippen molar-refractivity contribution in [3.63, 3.8) is 0 Å². The number of hydrogen-bond donors (Lipinski definition) is 0. The number of nitrogens with zero attached hydrogens (tertiary/aromatic N) is 1. The summed E-state index contributed by atoms with van der Waals surface area (Å²) in [6.07, 6.45) is 1.52. The predicted octanol–water partition coefficient (Wildman–Crippen LogP) is 3.27. The molecule has 1 aromatic rings. The van der Waals surface area contributed by atoms with Gasteiger partial charge >= 0.3 is 0 Å². The third-order valence-corrected chi connectivity index (χ3v) is 1.83. The minimum absolute atomic E-state index is 0.712. The van der Waals surface area contributed by atoms with E-state index < -0.39 is 0 Å². The van der Waals surface area contributed by atoms with Gasteiger partial charge in [0.25, 0.3) is 0 Å². The second-order valence-electron chi connectivity index (χ2n) is 2.46. The molecule has 0 saturated carbocycles. The van der Waals surface area contributed by atoms with Crippen LogP contribution in [0.2, 0.25) is 5.02 Å². The molecule has 0 N–H and O–H groups in total. The number of halogens is 1. The van der Waals surface area contributed by atoms with E-state index in [0.717, 1.165) is 11.1 Å². The summed E-state index contributed by atoms with van der Waals surface area (Å²) in [5, 5.41) is 9.11. The summed E-state index contributed by atoms with van der Waals surface area (Å²) in [4.78, 5) is 0. The lowest BCUT2D eigenvalue weighted by atomic mass is 10.1. The van der Waals surface area contributed by atoms with Crippen LogP contribution in [-0.2, 0) is 0 Å². The van der Waals surface area contributed by atoms with Gasteiger partial charge in [0.15, 0.2) is 0 Å². The van der Waals surface area contributed by atoms with Crippen LogP contribution in [0.25, 0.3) is 5.57 Å². The zero-order chi connectivity index (χ0) is 8.97. The Hall–Kier alpha value is -1.26. The summed E-state index contributed by atoms with van der Waals surface area (Å²) < 4.78 is 0. The highest BCUT2D eigenvalue weighted by atomic mass is 35.5. The molecule has 1 aromatic carbocycles. The van der Waals surface area contributed by atoms with Crippen molar-refractivity contribution in [2.45, 2.75) is 6.92 Å². The Bertz CT molecular complexity index is 330. The van der Waals surface area contributed by atoms with Crippen molar-refractivity contribution in [3.05, 3.63) is 40.9 Å². The number of rotatable bonds is 1. The van der Waals surface area contributed by atoms with Gasteiger partial charge in [-0.05, 0) is 30.2 Å². The third kappa shape index (κ3) is 2.11. The van der Waals surface area contributed by atoms with Gasteiger partial charge in [-0.3, -0.25) is 0 Å². The second-order valence-corrected chi connectivity index (χ2v) is 2.90. The average molecular weight is 178 g/mol. The van der Waals surface area contributed by atoms with Crippen LogP contribution in [0.5, 0.6) is 0 Å². The van der Waals surface area contributed by atoms with Crippen molar-refractivity contribution in [1.29, 1.82) is 5.26 Å². The zero-order valence-corrected chi connectivity index (χ0v) is 7.47. The molecule has 0 unspecified atom stereocenters. The van der Waals surface area contributed by atoms with Crippen LogP contribution in [0, 0.1) is 11.3 Å². The molecular weight excluding hydrogens is 170 g/mol. The first-order chi connectivity index (χ1) is 5.74. The van der Waals surface area contributed by atoms with Crippen LogP contribution >= 0.6 is 11.6 Å². The fraction of sp³-hybridized carbons (Fsp3) is 0.100. The Kier molecular flexibility index (Phi) is 2.90. The van der Waals surface area contributed by atoms with Crippen molar-refractivity contribution >= 4 is 17.2 Å². The molecule has 0 radical (unpaired) electrons. The summed E-state index contributed by atoms with van der Waals surface area (Å²) in [6, 6.07) is 9.40.